The van der Waals surface area contributed by atoms with Gasteiger partial charge in [0.25, 0.3) is 0 Å². The van der Waals surface area contributed by atoms with Crippen LogP contribution >= 0.6 is 15.9 Å². The Labute approximate surface area is 291 Å². The molecule has 1 heterocycles. The summed E-state index contributed by atoms with van der Waals surface area (Å²) in [5, 5.41) is 0. The number of hydrogen-bond donors (Lipinski definition) is 0. The summed E-state index contributed by atoms with van der Waals surface area (Å²) in [6, 6.07) is 46.6. The third kappa shape index (κ3) is 9.41. The van der Waals surface area contributed by atoms with E-state index in [9.17, 15) is 0 Å². The van der Waals surface area contributed by atoms with E-state index in [-0.39, 0.29) is 0 Å². The largest absolute Gasteiger partial charge is 0.497 e. The van der Waals surface area contributed by atoms with Crippen molar-refractivity contribution in [1.29, 1.82) is 0 Å². The molecule has 48 heavy (non-hydrogen) atoms. The van der Waals surface area contributed by atoms with Crippen LogP contribution in [0.4, 0.5) is 0 Å². The molecule has 0 unspecified atom stereocenters. The molecule has 5 aromatic carbocycles. The quantitative estimate of drug-likeness (QED) is 0.108. The second-order valence-electron chi connectivity index (χ2n) is 11.8. The van der Waals surface area contributed by atoms with Crippen molar-refractivity contribution in [1.82, 2.24) is 0 Å². The van der Waals surface area contributed by atoms with Crippen molar-refractivity contribution >= 4 is 15.9 Å². The van der Waals surface area contributed by atoms with Gasteiger partial charge in [0.05, 0.1) is 40.1 Å². The first-order chi connectivity index (χ1) is 23.7. The predicted molar refractivity (Wildman–Crippen MR) is 189 cm³/mol. The average Bonchev–Trinajstić information content (AvgIpc) is 3.14. The van der Waals surface area contributed by atoms with Gasteiger partial charge in [-0.25, -0.2) is 0 Å². The molecule has 5 aromatic rings. The van der Waals surface area contributed by atoms with Crippen LogP contribution in [0.15, 0.2) is 144 Å². The van der Waals surface area contributed by atoms with Gasteiger partial charge in [-0.2, -0.15) is 0 Å². The van der Waals surface area contributed by atoms with Gasteiger partial charge in [0.2, 0.25) is 0 Å². The molecule has 0 saturated carbocycles. The van der Waals surface area contributed by atoms with E-state index in [0.717, 1.165) is 32.3 Å². The fraction of sp³-hybridized carbons (Fsp3) is 0.268. The Bertz CT molecular complexity index is 1650. The maximum Gasteiger partial charge on any atom is 0.120 e. The van der Waals surface area contributed by atoms with Crippen molar-refractivity contribution in [2.24, 2.45) is 0 Å². The van der Waals surface area contributed by atoms with E-state index in [1.165, 1.54) is 0 Å². The number of rotatable bonds is 15. The lowest BCUT2D eigenvalue weighted by atomic mass is 9.90. The lowest BCUT2D eigenvalue weighted by molar-refractivity contribution is -0.275. The summed E-state index contributed by atoms with van der Waals surface area (Å²) in [6.07, 6.45) is -2.52. The smallest absolute Gasteiger partial charge is 0.120 e. The zero-order valence-corrected chi connectivity index (χ0v) is 28.6. The predicted octanol–water partition coefficient (Wildman–Crippen LogP) is 8.87. The van der Waals surface area contributed by atoms with E-state index < -0.39 is 30.5 Å². The van der Waals surface area contributed by atoms with Crippen molar-refractivity contribution < 1.29 is 28.4 Å². The van der Waals surface area contributed by atoms with Crippen molar-refractivity contribution in [3.8, 4) is 5.75 Å². The number of benzene rings is 5. The van der Waals surface area contributed by atoms with Crippen LogP contribution in [0.5, 0.6) is 5.75 Å². The van der Waals surface area contributed by atoms with Crippen LogP contribution in [0.2, 0.25) is 0 Å². The Balaban J connectivity index is 1.37. The van der Waals surface area contributed by atoms with Crippen LogP contribution in [0.3, 0.4) is 0 Å². The molecule has 0 aromatic heterocycles. The summed E-state index contributed by atoms with van der Waals surface area (Å²) < 4.78 is 40.4. The first-order valence-electron chi connectivity index (χ1n) is 16.2. The zero-order valence-electron chi connectivity index (χ0n) is 27.0. The van der Waals surface area contributed by atoms with E-state index in [1.54, 1.807) is 7.11 Å². The molecule has 0 bridgehead atoms. The molecule has 0 spiro atoms. The average molecular weight is 710 g/mol. The van der Waals surface area contributed by atoms with Gasteiger partial charge >= 0.3 is 0 Å². The highest BCUT2D eigenvalue weighted by atomic mass is 79.9. The Morgan fingerprint density at radius 1 is 0.542 bits per heavy atom. The third-order valence-corrected chi connectivity index (χ3v) is 8.80. The van der Waals surface area contributed by atoms with E-state index >= 15 is 0 Å². The van der Waals surface area contributed by atoms with Crippen LogP contribution in [0, 0.1) is 0 Å². The van der Waals surface area contributed by atoms with Crippen LogP contribution in [-0.4, -0.2) is 38.1 Å². The summed E-state index contributed by atoms with van der Waals surface area (Å²) in [7, 11) is 1.66. The van der Waals surface area contributed by atoms with Gasteiger partial charge in [-0.3, -0.25) is 0 Å². The van der Waals surface area contributed by atoms with Crippen molar-refractivity contribution in [3.05, 3.63) is 172 Å². The number of halogens is 1. The van der Waals surface area contributed by atoms with Gasteiger partial charge in [0.15, 0.2) is 0 Å². The molecule has 0 amide bonds. The first-order valence-corrected chi connectivity index (χ1v) is 17.0. The number of ether oxygens (including phenoxy) is 6. The molecule has 0 N–H and O–H groups in total. The maximum absolute atomic E-state index is 7.02. The van der Waals surface area contributed by atoms with Gasteiger partial charge in [-0.15, -0.1) is 0 Å². The van der Waals surface area contributed by atoms with E-state index in [4.69, 9.17) is 28.4 Å². The number of hydrogen-bond acceptors (Lipinski definition) is 6. The molecule has 1 aliphatic rings. The molecule has 248 valence electrons. The zero-order chi connectivity index (χ0) is 33.0. The lowest BCUT2D eigenvalue weighted by Gasteiger charge is -2.46. The fourth-order valence-electron chi connectivity index (χ4n) is 5.92. The SMILES string of the molecule is COc1cc(Br)cc([C@@H]2O[C@H](COCc3ccccc3)[C@@H](OCc3ccccc3)[C@H](OCc3ccccc3)[C@H]2OCc2ccccc2)c1. The van der Waals surface area contributed by atoms with Gasteiger partial charge in [-0.1, -0.05) is 137 Å². The molecule has 5 atom stereocenters. The van der Waals surface area contributed by atoms with Crippen molar-refractivity contribution in [2.75, 3.05) is 13.7 Å². The lowest BCUT2D eigenvalue weighted by Crippen LogP contribution is -2.58. The standard InChI is InChI=1S/C41H41BrO6/c1-43-36-23-34(22-35(42)24-36)38-40(46-27-32-18-10-4-11-19-32)41(47-28-33-20-12-5-13-21-33)39(45-26-31-16-8-3-9-17-31)37(48-38)29-44-25-30-14-6-2-7-15-30/h2-24,37-41H,25-29H2,1H3/t37-,38+,39-,40+,41+/m1/s1. The van der Waals surface area contributed by atoms with Crippen LogP contribution < -0.4 is 4.74 Å². The topological polar surface area (TPSA) is 55.4 Å². The van der Waals surface area contributed by atoms with Crippen LogP contribution in [0.25, 0.3) is 0 Å². The highest BCUT2D eigenvalue weighted by Crippen LogP contribution is 2.40. The molecular formula is C41H41BrO6. The van der Waals surface area contributed by atoms with Gasteiger partial charge in [-0.05, 0) is 46.0 Å². The second kappa shape index (κ2) is 17.5. The third-order valence-electron chi connectivity index (χ3n) is 8.34. The summed E-state index contributed by atoms with van der Waals surface area (Å²) in [5.41, 5.74) is 5.17. The Kier molecular flexibility index (Phi) is 12.4. The van der Waals surface area contributed by atoms with E-state index in [1.807, 2.05) is 91.0 Å². The van der Waals surface area contributed by atoms with Crippen molar-refractivity contribution in [2.45, 2.75) is 56.9 Å². The van der Waals surface area contributed by atoms with Crippen LogP contribution in [-0.2, 0) is 50.1 Å². The molecule has 1 saturated heterocycles. The molecule has 7 heteroatoms. The fourth-order valence-corrected chi connectivity index (χ4v) is 6.41. The molecule has 6 nitrogen and oxygen atoms in total. The van der Waals surface area contributed by atoms with Crippen LogP contribution in [0.1, 0.15) is 33.9 Å². The maximum atomic E-state index is 7.02. The molecule has 1 aliphatic heterocycles. The highest BCUT2D eigenvalue weighted by molar-refractivity contribution is 9.10. The minimum absolute atomic E-state index is 0.298. The van der Waals surface area contributed by atoms with Gasteiger partial charge in [0.1, 0.15) is 36.3 Å². The second-order valence-corrected chi connectivity index (χ2v) is 12.7. The molecule has 0 aliphatic carbocycles. The molecular weight excluding hydrogens is 668 g/mol. The minimum Gasteiger partial charge on any atom is -0.497 e. The summed E-state index contributed by atoms with van der Waals surface area (Å²) >= 11 is 3.68. The summed E-state index contributed by atoms with van der Waals surface area (Å²) in [6.45, 7) is 1.89. The molecule has 6 rings (SSSR count). The van der Waals surface area contributed by atoms with Crippen molar-refractivity contribution in [3.63, 3.8) is 0 Å². The van der Waals surface area contributed by atoms with E-state index in [0.29, 0.717) is 38.8 Å². The Morgan fingerprint density at radius 2 is 1.00 bits per heavy atom. The monoisotopic (exact) mass is 708 g/mol. The first kappa shape index (κ1) is 34.1. The number of methoxy groups -OCH3 is 1. The van der Waals surface area contributed by atoms with Gasteiger partial charge < -0.3 is 28.4 Å². The normalized spacial score (nSPS) is 20.8. The Hall–Kier alpha value is -3.82. The Morgan fingerprint density at radius 3 is 1.50 bits per heavy atom. The highest BCUT2D eigenvalue weighted by Gasteiger charge is 2.49. The molecule has 1 fully saturated rings. The molecule has 0 radical (unpaired) electrons. The summed E-state index contributed by atoms with van der Waals surface area (Å²) in [4.78, 5) is 0. The van der Waals surface area contributed by atoms with E-state index in [2.05, 4.69) is 64.5 Å². The minimum atomic E-state index is -0.529. The van der Waals surface area contributed by atoms with Gasteiger partial charge in [0, 0.05) is 4.47 Å². The summed E-state index contributed by atoms with van der Waals surface area (Å²) in [5.74, 6) is 0.714.